The fourth-order valence-corrected chi connectivity index (χ4v) is 2.37. The third-order valence-corrected chi connectivity index (χ3v) is 3.61. The van der Waals surface area contributed by atoms with Crippen molar-refractivity contribution in [2.45, 2.75) is 20.3 Å². The Morgan fingerprint density at radius 2 is 1.86 bits per heavy atom. The molecule has 3 heteroatoms. The molecule has 0 amide bonds. The quantitative estimate of drug-likeness (QED) is 0.850. The predicted molar refractivity (Wildman–Crippen MR) is 69.8 cm³/mol. The Morgan fingerprint density at radius 1 is 1.29 bits per heavy atom. The highest BCUT2D eigenvalue weighted by Crippen LogP contribution is 2.30. The second-order valence-electron chi connectivity index (χ2n) is 3.49. The first-order valence-corrected chi connectivity index (χ1v) is 6.41. The first-order chi connectivity index (χ1) is 6.65. The van der Waals surface area contributed by atoms with E-state index in [1.807, 2.05) is 18.2 Å². The summed E-state index contributed by atoms with van der Waals surface area (Å²) in [7, 11) is 0. The maximum atomic E-state index is 3.53. The normalized spacial score (nSPS) is 12.6. The molecule has 1 nitrogen and oxygen atoms in total. The first-order valence-electron chi connectivity index (χ1n) is 4.83. The summed E-state index contributed by atoms with van der Waals surface area (Å²) >= 11 is 7.05. The first kappa shape index (κ1) is 12.1. The van der Waals surface area contributed by atoms with Crippen LogP contribution in [-0.2, 0) is 0 Å². The molecule has 0 aromatic heterocycles. The smallest absolute Gasteiger partial charge is 0.0629 e. The highest BCUT2D eigenvalue weighted by atomic mass is 79.9. The lowest BCUT2D eigenvalue weighted by molar-refractivity contribution is 0.593. The zero-order valence-corrected chi connectivity index (χ0v) is 11.7. The van der Waals surface area contributed by atoms with E-state index in [0.29, 0.717) is 5.92 Å². The van der Waals surface area contributed by atoms with E-state index in [4.69, 9.17) is 0 Å². The molecule has 1 N–H and O–H groups in total. The van der Waals surface area contributed by atoms with Gasteiger partial charge < -0.3 is 5.32 Å². The van der Waals surface area contributed by atoms with Crippen molar-refractivity contribution < 1.29 is 0 Å². The number of anilines is 1. The lowest BCUT2D eigenvalue weighted by atomic mass is 10.1. The molecule has 0 aliphatic carbocycles. The van der Waals surface area contributed by atoms with Crippen molar-refractivity contribution >= 4 is 37.5 Å². The number of hydrogen-bond donors (Lipinski definition) is 1. The minimum atomic E-state index is 0.703. The zero-order valence-electron chi connectivity index (χ0n) is 8.48. The molecule has 0 saturated heterocycles. The molecular weight excluding hydrogens is 306 g/mol. The second-order valence-corrected chi connectivity index (χ2v) is 5.20. The summed E-state index contributed by atoms with van der Waals surface area (Å²) in [5.41, 5.74) is 1.15. The molecular formula is C11H15Br2N. The Kier molecular flexibility index (Phi) is 4.96. The minimum absolute atomic E-state index is 0.703. The van der Waals surface area contributed by atoms with Crippen LogP contribution in [0.5, 0.6) is 0 Å². The maximum Gasteiger partial charge on any atom is 0.0629 e. The second kappa shape index (κ2) is 5.76. The van der Waals surface area contributed by atoms with E-state index < -0.39 is 0 Å². The van der Waals surface area contributed by atoms with Crippen LogP contribution in [0, 0.1) is 5.92 Å². The summed E-state index contributed by atoms with van der Waals surface area (Å²) in [5.74, 6) is 0.703. The fourth-order valence-electron chi connectivity index (χ4n) is 1.09. The zero-order chi connectivity index (χ0) is 10.6. The fraction of sp³-hybridized carbons (Fsp3) is 0.455. The molecule has 0 aliphatic rings. The van der Waals surface area contributed by atoms with Gasteiger partial charge in [0.05, 0.1) is 5.69 Å². The number of para-hydroxylation sites is 1. The molecule has 1 atom stereocenters. The summed E-state index contributed by atoms with van der Waals surface area (Å²) < 4.78 is 2.21. The number of hydrogen-bond acceptors (Lipinski definition) is 1. The third kappa shape index (κ3) is 3.28. The number of nitrogens with one attached hydrogen (secondary N) is 1. The van der Waals surface area contributed by atoms with E-state index in [0.717, 1.165) is 21.2 Å². The van der Waals surface area contributed by atoms with Crippen LogP contribution in [0.2, 0.25) is 0 Å². The van der Waals surface area contributed by atoms with Gasteiger partial charge in [0.2, 0.25) is 0 Å². The Hall–Kier alpha value is -0.0200. The van der Waals surface area contributed by atoms with Crippen molar-refractivity contribution in [1.82, 2.24) is 0 Å². The number of benzene rings is 1. The summed E-state index contributed by atoms with van der Waals surface area (Å²) in [4.78, 5) is 0. The van der Waals surface area contributed by atoms with Gasteiger partial charge in [-0.15, -0.1) is 0 Å². The summed E-state index contributed by atoms with van der Waals surface area (Å²) in [6.07, 6.45) is 1.20. The van der Waals surface area contributed by atoms with E-state index in [1.165, 1.54) is 6.42 Å². The van der Waals surface area contributed by atoms with E-state index in [-0.39, 0.29) is 0 Å². The van der Waals surface area contributed by atoms with E-state index in [9.17, 15) is 0 Å². The maximum absolute atomic E-state index is 3.53. The van der Waals surface area contributed by atoms with Gasteiger partial charge in [-0.3, -0.25) is 0 Å². The van der Waals surface area contributed by atoms with E-state index >= 15 is 0 Å². The predicted octanol–water partition coefficient (Wildman–Crippen LogP) is 4.67. The van der Waals surface area contributed by atoms with Crippen molar-refractivity contribution in [1.29, 1.82) is 0 Å². The molecule has 14 heavy (non-hydrogen) atoms. The lowest BCUT2D eigenvalue weighted by Gasteiger charge is -2.14. The van der Waals surface area contributed by atoms with Gasteiger partial charge in [0.15, 0.2) is 0 Å². The minimum Gasteiger partial charge on any atom is -0.383 e. The third-order valence-electron chi connectivity index (χ3n) is 2.29. The van der Waals surface area contributed by atoms with Crippen molar-refractivity contribution in [3.63, 3.8) is 0 Å². The van der Waals surface area contributed by atoms with Gasteiger partial charge in [-0.2, -0.15) is 0 Å². The average Bonchev–Trinajstić information content (AvgIpc) is 2.16. The molecule has 0 saturated carbocycles. The van der Waals surface area contributed by atoms with Crippen molar-refractivity contribution in [3.8, 4) is 0 Å². The molecule has 1 unspecified atom stereocenters. The molecule has 1 aromatic rings. The van der Waals surface area contributed by atoms with Gasteiger partial charge in [-0.25, -0.2) is 0 Å². The van der Waals surface area contributed by atoms with Gasteiger partial charge in [0, 0.05) is 15.5 Å². The van der Waals surface area contributed by atoms with E-state index in [1.54, 1.807) is 0 Å². The molecule has 0 fully saturated rings. The molecule has 0 radical (unpaired) electrons. The molecule has 0 heterocycles. The van der Waals surface area contributed by atoms with Crippen LogP contribution >= 0.6 is 31.9 Å². The Balaban J connectivity index is 2.66. The summed E-state index contributed by atoms with van der Waals surface area (Å²) in [5, 5.41) is 3.44. The Labute approximate surface area is 103 Å². The van der Waals surface area contributed by atoms with Crippen LogP contribution < -0.4 is 5.32 Å². The molecule has 1 rings (SSSR count). The molecule has 0 bridgehead atoms. The van der Waals surface area contributed by atoms with Gasteiger partial charge in [0.25, 0.3) is 0 Å². The van der Waals surface area contributed by atoms with Crippen LogP contribution in [0.15, 0.2) is 27.1 Å². The Bertz CT molecular complexity index is 279. The highest BCUT2D eigenvalue weighted by molar-refractivity contribution is 9.11. The Morgan fingerprint density at radius 3 is 2.36 bits per heavy atom. The molecule has 0 spiro atoms. The van der Waals surface area contributed by atoms with E-state index in [2.05, 4.69) is 51.0 Å². The van der Waals surface area contributed by atoms with Gasteiger partial charge in [-0.1, -0.05) is 26.3 Å². The van der Waals surface area contributed by atoms with Crippen molar-refractivity contribution in [3.05, 3.63) is 27.1 Å². The number of rotatable bonds is 4. The monoisotopic (exact) mass is 319 g/mol. The molecule has 78 valence electrons. The SMILES string of the molecule is CCC(C)CNc1c(Br)cccc1Br. The highest BCUT2D eigenvalue weighted by Gasteiger charge is 2.05. The van der Waals surface area contributed by atoms with Crippen LogP contribution in [-0.4, -0.2) is 6.54 Å². The van der Waals surface area contributed by atoms with Crippen LogP contribution in [0.4, 0.5) is 5.69 Å². The van der Waals surface area contributed by atoms with Crippen molar-refractivity contribution in [2.24, 2.45) is 5.92 Å². The van der Waals surface area contributed by atoms with Gasteiger partial charge >= 0.3 is 0 Å². The topological polar surface area (TPSA) is 12.0 Å². The number of halogens is 2. The summed E-state index contributed by atoms with van der Waals surface area (Å²) in [6, 6.07) is 6.11. The lowest BCUT2D eigenvalue weighted by Crippen LogP contribution is -2.10. The van der Waals surface area contributed by atoms with Gasteiger partial charge in [-0.05, 0) is 49.9 Å². The standard InChI is InChI=1S/C11H15Br2N/c1-3-8(2)7-14-11-9(12)5-4-6-10(11)13/h4-6,8,14H,3,7H2,1-2H3. The summed E-state index contributed by atoms with van der Waals surface area (Å²) in [6.45, 7) is 5.47. The largest absolute Gasteiger partial charge is 0.383 e. The van der Waals surface area contributed by atoms with Crippen LogP contribution in [0.3, 0.4) is 0 Å². The van der Waals surface area contributed by atoms with Crippen LogP contribution in [0.25, 0.3) is 0 Å². The molecule has 0 aliphatic heterocycles. The van der Waals surface area contributed by atoms with Gasteiger partial charge in [0.1, 0.15) is 0 Å². The average molecular weight is 321 g/mol. The van der Waals surface area contributed by atoms with Crippen LogP contribution in [0.1, 0.15) is 20.3 Å². The molecule has 1 aromatic carbocycles. The van der Waals surface area contributed by atoms with Crippen molar-refractivity contribution in [2.75, 3.05) is 11.9 Å².